The Balaban J connectivity index is 1.41. The molecular formula is C29H25Cl3N4O5. The minimum Gasteiger partial charge on any atom is -0.480 e. The van der Waals surface area contributed by atoms with Crippen LogP contribution in [0, 0.1) is 6.92 Å². The molecule has 0 radical (unpaired) electrons. The summed E-state index contributed by atoms with van der Waals surface area (Å²) in [4.78, 5) is 54.0. The number of aliphatic imine (C=N–C) groups is 1. The first-order valence-electron chi connectivity index (χ1n) is 12.5. The molecule has 0 aromatic heterocycles. The van der Waals surface area contributed by atoms with Gasteiger partial charge in [0, 0.05) is 5.02 Å². The smallest absolute Gasteiger partial charge is 0.341 e. The highest BCUT2D eigenvalue weighted by atomic mass is 35.5. The third-order valence-electron chi connectivity index (χ3n) is 6.45. The minimum absolute atomic E-state index is 0.00292. The Kier molecular flexibility index (Phi) is 9.65. The van der Waals surface area contributed by atoms with E-state index in [0.29, 0.717) is 22.7 Å². The summed E-state index contributed by atoms with van der Waals surface area (Å²) in [6, 6.07) is 13.4. The van der Waals surface area contributed by atoms with E-state index in [1.807, 2.05) is 31.2 Å². The lowest BCUT2D eigenvalue weighted by molar-refractivity contribution is -0.139. The summed E-state index contributed by atoms with van der Waals surface area (Å²) in [6.45, 7) is 1.41. The molecule has 4 N–H and O–H groups in total. The summed E-state index contributed by atoms with van der Waals surface area (Å²) in [5.41, 5.74) is 4.00. The Morgan fingerprint density at radius 3 is 2.46 bits per heavy atom. The molecule has 41 heavy (non-hydrogen) atoms. The van der Waals surface area contributed by atoms with Gasteiger partial charge in [-0.05, 0) is 60.2 Å². The average Bonchev–Trinajstić information content (AvgIpc) is 3.32. The van der Waals surface area contributed by atoms with Crippen LogP contribution < -0.4 is 16.0 Å². The summed E-state index contributed by atoms with van der Waals surface area (Å²) in [5, 5.41) is 17.3. The third-order valence-corrected chi connectivity index (χ3v) is 7.56. The molecule has 0 bridgehead atoms. The van der Waals surface area contributed by atoms with Gasteiger partial charge in [-0.1, -0.05) is 71.2 Å². The van der Waals surface area contributed by atoms with Crippen molar-refractivity contribution in [3.05, 3.63) is 97.5 Å². The number of fused-ring (bicyclic) bond motifs is 1. The van der Waals surface area contributed by atoms with Crippen molar-refractivity contribution in [3.63, 3.8) is 0 Å². The second-order valence-electron chi connectivity index (χ2n) is 9.36. The quantitative estimate of drug-likeness (QED) is 0.267. The van der Waals surface area contributed by atoms with Crippen molar-refractivity contribution in [2.45, 2.75) is 32.2 Å². The molecule has 0 saturated carbocycles. The first-order chi connectivity index (χ1) is 19.5. The maximum absolute atomic E-state index is 13.0. The van der Waals surface area contributed by atoms with Gasteiger partial charge in [-0.15, -0.1) is 0 Å². The number of carbonyl (C=O) groups excluding carboxylic acids is 3. The van der Waals surface area contributed by atoms with Gasteiger partial charge in [0.2, 0.25) is 5.91 Å². The summed E-state index contributed by atoms with van der Waals surface area (Å²) < 4.78 is 0. The van der Waals surface area contributed by atoms with Gasteiger partial charge in [0.25, 0.3) is 5.91 Å². The molecule has 1 aliphatic carbocycles. The first-order valence-corrected chi connectivity index (χ1v) is 13.7. The zero-order valence-corrected chi connectivity index (χ0v) is 24.0. The highest BCUT2D eigenvalue weighted by Gasteiger charge is 2.26. The van der Waals surface area contributed by atoms with E-state index in [1.54, 1.807) is 18.2 Å². The Hall–Kier alpha value is -3.92. The molecule has 1 atom stereocenters. The molecule has 0 spiro atoms. The third kappa shape index (κ3) is 7.43. The molecule has 0 saturated heterocycles. The van der Waals surface area contributed by atoms with Crippen LogP contribution in [0.25, 0.3) is 0 Å². The fraction of sp³-hybridized carbons (Fsp3) is 0.207. The lowest BCUT2D eigenvalue weighted by Gasteiger charge is -2.17. The number of aryl methyl sites for hydroxylation is 2. The van der Waals surface area contributed by atoms with Crippen LogP contribution in [0.2, 0.25) is 15.1 Å². The van der Waals surface area contributed by atoms with Crippen molar-refractivity contribution in [1.29, 1.82) is 0 Å². The van der Waals surface area contributed by atoms with Crippen molar-refractivity contribution in [2.75, 3.05) is 11.9 Å². The van der Waals surface area contributed by atoms with E-state index in [0.717, 1.165) is 23.1 Å². The van der Waals surface area contributed by atoms with Crippen LogP contribution in [-0.2, 0) is 22.4 Å². The molecule has 1 aliphatic rings. The van der Waals surface area contributed by atoms with E-state index in [1.165, 1.54) is 12.1 Å². The van der Waals surface area contributed by atoms with Gasteiger partial charge in [-0.25, -0.2) is 9.59 Å². The topological polar surface area (TPSA) is 137 Å². The Morgan fingerprint density at radius 1 is 0.976 bits per heavy atom. The molecule has 212 valence electrons. The van der Waals surface area contributed by atoms with Crippen molar-refractivity contribution in [2.24, 2.45) is 4.99 Å². The minimum atomic E-state index is -1.51. The highest BCUT2D eigenvalue weighted by Crippen LogP contribution is 2.32. The number of carboxylic acid groups (broad SMARTS) is 1. The fourth-order valence-corrected chi connectivity index (χ4v) is 5.08. The number of benzene rings is 3. The molecule has 3 aromatic rings. The summed E-state index contributed by atoms with van der Waals surface area (Å²) in [5.74, 6) is -2.72. The molecule has 0 fully saturated rings. The van der Waals surface area contributed by atoms with Gasteiger partial charge in [-0.3, -0.25) is 9.59 Å². The van der Waals surface area contributed by atoms with Crippen LogP contribution in [0.15, 0.2) is 59.6 Å². The maximum Gasteiger partial charge on any atom is 0.341 e. The van der Waals surface area contributed by atoms with Crippen molar-refractivity contribution in [1.82, 2.24) is 10.6 Å². The van der Waals surface area contributed by atoms with Crippen LogP contribution >= 0.6 is 34.8 Å². The van der Waals surface area contributed by atoms with Gasteiger partial charge in [0.05, 0.1) is 40.0 Å². The molecule has 0 aliphatic heterocycles. The number of hydrogen-bond donors (Lipinski definition) is 4. The van der Waals surface area contributed by atoms with Gasteiger partial charge in [0.15, 0.2) is 0 Å². The number of aliphatic carboxylic acids is 1. The monoisotopic (exact) mass is 614 g/mol. The van der Waals surface area contributed by atoms with Crippen LogP contribution in [0.5, 0.6) is 0 Å². The van der Waals surface area contributed by atoms with Gasteiger partial charge >= 0.3 is 12.0 Å². The fourth-order valence-electron chi connectivity index (χ4n) is 4.29. The number of urea groups is 1. The number of halogens is 3. The molecular weight excluding hydrogens is 591 g/mol. The largest absolute Gasteiger partial charge is 0.480 e. The second-order valence-corrected chi connectivity index (χ2v) is 10.6. The molecule has 0 heterocycles. The summed E-state index contributed by atoms with van der Waals surface area (Å²) in [6.07, 6.45) is 1.35. The number of anilines is 1. The predicted octanol–water partition coefficient (Wildman–Crippen LogP) is 5.46. The van der Waals surface area contributed by atoms with Crippen molar-refractivity contribution < 1.29 is 24.3 Å². The molecule has 12 heteroatoms. The molecule has 4 amide bonds. The number of hydrogen-bond acceptors (Lipinski definition) is 4. The highest BCUT2D eigenvalue weighted by molar-refractivity contribution is 6.41. The number of carboxylic acids is 1. The van der Waals surface area contributed by atoms with Crippen molar-refractivity contribution in [3.8, 4) is 0 Å². The number of amides is 4. The van der Waals surface area contributed by atoms with E-state index in [4.69, 9.17) is 34.8 Å². The summed E-state index contributed by atoms with van der Waals surface area (Å²) >= 11 is 18.8. The first kappa shape index (κ1) is 30.0. The van der Waals surface area contributed by atoms with E-state index >= 15 is 0 Å². The Morgan fingerprint density at radius 2 is 1.73 bits per heavy atom. The van der Waals surface area contributed by atoms with E-state index in [2.05, 4.69) is 20.9 Å². The van der Waals surface area contributed by atoms with E-state index in [9.17, 15) is 24.3 Å². The molecule has 9 nitrogen and oxygen atoms in total. The Labute approximate surface area is 250 Å². The maximum atomic E-state index is 13.0. The lowest BCUT2D eigenvalue weighted by atomic mass is 10.1. The van der Waals surface area contributed by atoms with E-state index < -0.39 is 36.4 Å². The van der Waals surface area contributed by atoms with Gasteiger partial charge < -0.3 is 21.1 Å². The zero-order chi connectivity index (χ0) is 29.7. The second kappa shape index (κ2) is 13.2. The zero-order valence-electron chi connectivity index (χ0n) is 21.8. The van der Waals surface area contributed by atoms with Gasteiger partial charge in [0.1, 0.15) is 6.04 Å². The van der Waals surface area contributed by atoms with E-state index in [-0.39, 0.29) is 27.7 Å². The number of nitrogens with zero attached hydrogens (tertiary/aromatic N) is 1. The molecule has 4 rings (SSSR count). The Bertz CT molecular complexity index is 1570. The van der Waals surface area contributed by atoms with Gasteiger partial charge in [-0.2, -0.15) is 4.99 Å². The SMILES string of the molecule is Cc1ccc(CC(=O)Nc2ccc(Cl)c(C(=O)N[C@@H](CNC(=O)/N=C3\CCc4ccccc43)C(=O)O)c2Cl)cc1Cl. The summed E-state index contributed by atoms with van der Waals surface area (Å²) in [7, 11) is 0. The number of carbonyl (C=O) groups is 4. The van der Waals surface area contributed by atoms with Crippen LogP contribution in [-0.4, -0.2) is 47.2 Å². The molecule has 0 unspecified atom stereocenters. The lowest BCUT2D eigenvalue weighted by Crippen LogP contribution is -2.48. The standard InChI is InChI=1S/C29H25Cl3N4O5/c1-15-6-7-16(12-20(15)31)13-24(37)34-22-11-9-19(30)25(26(22)32)27(38)35-23(28(39)40)14-33-29(41)36-21-10-8-17-4-2-3-5-18(17)21/h2-7,9,11-12,23H,8,10,13-14H2,1H3,(H,33,41)(H,34,37)(H,35,38)(H,39,40)/b36-21+/t23-/m0/s1. The van der Waals surface area contributed by atoms with Crippen LogP contribution in [0.1, 0.15) is 39.0 Å². The van der Waals surface area contributed by atoms with Crippen molar-refractivity contribution >= 4 is 70.0 Å². The predicted molar refractivity (Wildman–Crippen MR) is 159 cm³/mol. The van der Waals surface area contributed by atoms with Crippen LogP contribution in [0.3, 0.4) is 0 Å². The number of rotatable bonds is 8. The molecule has 3 aromatic carbocycles. The van der Waals surface area contributed by atoms with Crippen LogP contribution in [0.4, 0.5) is 10.5 Å². The number of nitrogens with one attached hydrogen (secondary N) is 3. The normalized spacial score (nSPS) is 13.8. The average molecular weight is 616 g/mol.